The number of rotatable bonds is 6. The van der Waals surface area contributed by atoms with Gasteiger partial charge in [-0.1, -0.05) is 35.3 Å². The largest absolute Gasteiger partial charge is 0.382 e. The number of hydrogen-bond acceptors (Lipinski definition) is 6. The number of amides is 2. The topological polar surface area (TPSA) is 122 Å². The molecule has 0 radical (unpaired) electrons. The molecule has 2 amide bonds. The van der Waals surface area contributed by atoms with E-state index >= 15 is 0 Å². The minimum atomic E-state index is -0.366. The van der Waals surface area contributed by atoms with Crippen molar-refractivity contribution in [1.82, 2.24) is 25.9 Å². The third-order valence-corrected chi connectivity index (χ3v) is 5.88. The Bertz CT molecular complexity index is 1190. The number of carbonyl (C=O) groups excluding carboxylic acids is 2. The number of nitrogens with one attached hydrogen (secondary N) is 3. The molecule has 8 nitrogen and oxygen atoms in total. The first-order valence-corrected chi connectivity index (χ1v) is 11.6. The van der Waals surface area contributed by atoms with Crippen molar-refractivity contribution in [2.24, 2.45) is 0 Å². The van der Waals surface area contributed by atoms with E-state index in [9.17, 15) is 9.59 Å². The van der Waals surface area contributed by atoms with Crippen molar-refractivity contribution in [2.45, 2.75) is 25.4 Å². The molecule has 1 atom stereocenters. The predicted molar refractivity (Wildman–Crippen MR) is 133 cm³/mol. The van der Waals surface area contributed by atoms with Crippen LogP contribution in [0.25, 0.3) is 11.3 Å². The SMILES string of the molecule is Nc1ncc(-c2cccc(C(=O)NCc3cc(Cl)cc(Cl)c3)c2)nc1C(=O)NC1CCCNC1. The first kappa shape index (κ1) is 23.9. The molecule has 1 saturated heterocycles. The number of nitrogens with zero attached hydrogens (tertiary/aromatic N) is 2. The zero-order valence-corrected chi connectivity index (χ0v) is 19.8. The summed E-state index contributed by atoms with van der Waals surface area (Å²) < 4.78 is 0. The van der Waals surface area contributed by atoms with Gasteiger partial charge in [-0.05, 0) is 55.3 Å². The number of halogens is 2. The van der Waals surface area contributed by atoms with Crippen molar-refractivity contribution < 1.29 is 9.59 Å². The van der Waals surface area contributed by atoms with Gasteiger partial charge in [-0.15, -0.1) is 0 Å². The Hall–Kier alpha value is -3.20. The van der Waals surface area contributed by atoms with Gasteiger partial charge < -0.3 is 21.7 Å². The Kier molecular flexibility index (Phi) is 7.62. The molecular formula is C24H24Cl2N6O2. The molecule has 1 aromatic heterocycles. The van der Waals surface area contributed by atoms with E-state index in [2.05, 4.69) is 25.9 Å². The van der Waals surface area contributed by atoms with Gasteiger partial charge in [-0.25, -0.2) is 9.97 Å². The Balaban J connectivity index is 1.48. The minimum absolute atomic E-state index is 0.0208. The average molecular weight is 499 g/mol. The fourth-order valence-corrected chi connectivity index (χ4v) is 4.32. The van der Waals surface area contributed by atoms with Gasteiger partial charge in [-0.3, -0.25) is 9.59 Å². The molecule has 0 bridgehead atoms. The molecule has 3 aromatic rings. The van der Waals surface area contributed by atoms with Crippen LogP contribution in [0.15, 0.2) is 48.7 Å². The summed E-state index contributed by atoms with van der Waals surface area (Å²) >= 11 is 12.0. The third-order valence-electron chi connectivity index (χ3n) is 5.44. The molecule has 0 saturated carbocycles. The fourth-order valence-electron chi connectivity index (χ4n) is 3.75. The van der Waals surface area contributed by atoms with E-state index in [4.69, 9.17) is 28.9 Å². The molecule has 4 rings (SSSR count). The normalized spacial score (nSPS) is 15.5. The van der Waals surface area contributed by atoms with E-state index in [0.717, 1.165) is 24.9 Å². The monoisotopic (exact) mass is 498 g/mol. The maximum absolute atomic E-state index is 12.8. The van der Waals surface area contributed by atoms with Gasteiger partial charge in [0, 0.05) is 40.3 Å². The third kappa shape index (κ3) is 6.02. The van der Waals surface area contributed by atoms with Crippen molar-refractivity contribution in [2.75, 3.05) is 18.8 Å². The molecule has 176 valence electrons. The van der Waals surface area contributed by atoms with E-state index < -0.39 is 0 Å². The lowest BCUT2D eigenvalue weighted by atomic mass is 10.1. The van der Waals surface area contributed by atoms with Crippen molar-refractivity contribution in [1.29, 1.82) is 0 Å². The van der Waals surface area contributed by atoms with Crippen LogP contribution in [0.4, 0.5) is 5.82 Å². The highest BCUT2D eigenvalue weighted by Gasteiger charge is 2.20. The summed E-state index contributed by atoms with van der Waals surface area (Å²) in [7, 11) is 0. The lowest BCUT2D eigenvalue weighted by molar-refractivity contribution is 0.0923. The molecule has 0 aliphatic carbocycles. The van der Waals surface area contributed by atoms with Crippen molar-refractivity contribution in [3.05, 3.63) is 75.5 Å². The number of nitrogens with two attached hydrogens (primary N) is 1. The number of aromatic nitrogens is 2. The number of nitrogen functional groups attached to an aromatic ring is 1. The van der Waals surface area contributed by atoms with Gasteiger partial charge in [0.2, 0.25) is 0 Å². The quantitative estimate of drug-likeness (QED) is 0.412. The number of carbonyl (C=O) groups is 2. The van der Waals surface area contributed by atoms with Crippen LogP contribution in [0, 0.1) is 0 Å². The Morgan fingerprint density at radius 2 is 1.91 bits per heavy atom. The summed E-state index contributed by atoms with van der Waals surface area (Å²) in [5, 5.41) is 10.1. The van der Waals surface area contributed by atoms with E-state index in [1.54, 1.807) is 42.5 Å². The number of benzene rings is 2. The zero-order chi connectivity index (χ0) is 24.1. The minimum Gasteiger partial charge on any atom is -0.382 e. The average Bonchev–Trinajstić information content (AvgIpc) is 2.83. The lowest BCUT2D eigenvalue weighted by Gasteiger charge is -2.23. The van der Waals surface area contributed by atoms with Crippen LogP contribution in [-0.4, -0.2) is 40.9 Å². The molecule has 1 unspecified atom stereocenters. The molecule has 1 aliphatic heterocycles. The van der Waals surface area contributed by atoms with Gasteiger partial charge in [0.1, 0.15) is 0 Å². The maximum Gasteiger partial charge on any atom is 0.274 e. The number of anilines is 1. The van der Waals surface area contributed by atoms with Gasteiger partial charge in [0.05, 0.1) is 11.9 Å². The van der Waals surface area contributed by atoms with Gasteiger partial charge in [0.25, 0.3) is 11.8 Å². The Morgan fingerprint density at radius 1 is 1.12 bits per heavy atom. The summed E-state index contributed by atoms with van der Waals surface area (Å²) in [4.78, 5) is 34.1. The van der Waals surface area contributed by atoms with Crippen LogP contribution < -0.4 is 21.7 Å². The van der Waals surface area contributed by atoms with E-state index in [0.29, 0.717) is 33.4 Å². The van der Waals surface area contributed by atoms with Crippen molar-refractivity contribution >= 4 is 40.8 Å². The standard InChI is InChI=1S/C24H24Cl2N6O2/c25-17-7-14(8-18(26)10-17)11-30-23(33)16-4-1-3-15(9-16)20-13-29-22(27)21(32-20)24(34)31-19-5-2-6-28-12-19/h1,3-4,7-10,13,19,28H,2,5-6,11-12H2,(H2,27,29)(H,30,33)(H,31,34). The molecule has 0 spiro atoms. The number of hydrogen-bond donors (Lipinski definition) is 4. The highest BCUT2D eigenvalue weighted by Crippen LogP contribution is 2.21. The summed E-state index contributed by atoms with van der Waals surface area (Å²) in [5.41, 5.74) is 8.30. The van der Waals surface area contributed by atoms with E-state index in [1.165, 1.54) is 6.20 Å². The van der Waals surface area contributed by atoms with Gasteiger partial charge in [-0.2, -0.15) is 0 Å². The Labute approximate surface area is 207 Å². The fraction of sp³-hybridized carbons (Fsp3) is 0.250. The molecule has 5 N–H and O–H groups in total. The smallest absolute Gasteiger partial charge is 0.274 e. The first-order chi connectivity index (χ1) is 16.4. The molecule has 1 aliphatic rings. The van der Waals surface area contributed by atoms with Gasteiger partial charge >= 0.3 is 0 Å². The van der Waals surface area contributed by atoms with Crippen molar-refractivity contribution in [3.8, 4) is 11.3 Å². The van der Waals surface area contributed by atoms with Gasteiger partial charge in [0.15, 0.2) is 11.5 Å². The second kappa shape index (κ2) is 10.8. The van der Waals surface area contributed by atoms with E-state index in [1.807, 2.05) is 0 Å². The summed E-state index contributed by atoms with van der Waals surface area (Å²) in [6, 6.07) is 12.0. The molecule has 1 fully saturated rings. The van der Waals surface area contributed by atoms with Crippen LogP contribution in [0.1, 0.15) is 39.3 Å². The predicted octanol–water partition coefficient (Wildman–Crippen LogP) is 3.44. The molecule has 2 heterocycles. The number of piperidine rings is 1. The lowest BCUT2D eigenvalue weighted by Crippen LogP contribution is -2.46. The molecule has 34 heavy (non-hydrogen) atoms. The molecule has 2 aromatic carbocycles. The first-order valence-electron chi connectivity index (χ1n) is 10.9. The second-order valence-electron chi connectivity index (χ2n) is 8.05. The van der Waals surface area contributed by atoms with Crippen LogP contribution in [-0.2, 0) is 6.54 Å². The van der Waals surface area contributed by atoms with Crippen LogP contribution in [0.2, 0.25) is 10.0 Å². The Morgan fingerprint density at radius 3 is 2.65 bits per heavy atom. The second-order valence-corrected chi connectivity index (χ2v) is 8.92. The summed E-state index contributed by atoms with van der Waals surface area (Å²) in [6.07, 6.45) is 3.37. The van der Waals surface area contributed by atoms with E-state index in [-0.39, 0.29) is 35.9 Å². The summed E-state index contributed by atoms with van der Waals surface area (Å²) in [6.45, 7) is 1.92. The highest BCUT2D eigenvalue weighted by atomic mass is 35.5. The van der Waals surface area contributed by atoms with Crippen LogP contribution in [0.3, 0.4) is 0 Å². The van der Waals surface area contributed by atoms with Crippen LogP contribution >= 0.6 is 23.2 Å². The molecule has 10 heteroatoms. The summed E-state index contributed by atoms with van der Waals surface area (Å²) in [5.74, 6) is -0.585. The highest BCUT2D eigenvalue weighted by molar-refractivity contribution is 6.34. The molecular weight excluding hydrogens is 475 g/mol. The zero-order valence-electron chi connectivity index (χ0n) is 18.3. The maximum atomic E-state index is 12.8. The van der Waals surface area contributed by atoms with Crippen molar-refractivity contribution in [3.63, 3.8) is 0 Å². The van der Waals surface area contributed by atoms with Crippen LogP contribution in [0.5, 0.6) is 0 Å².